The number of benzene rings is 3. The molecular formula is C28H33N3O6S. The van der Waals surface area contributed by atoms with Crippen LogP contribution in [0, 0.1) is 0 Å². The van der Waals surface area contributed by atoms with Gasteiger partial charge in [-0.2, -0.15) is 0 Å². The van der Waals surface area contributed by atoms with Gasteiger partial charge in [-0.15, -0.1) is 4.41 Å². The summed E-state index contributed by atoms with van der Waals surface area (Å²) in [5, 5.41) is 22.1. The number of anilines is 1. The van der Waals surface area contributed by atoms with Crippen LogP contribution in [0.1, 0.15) is 30.0 Å². The summed E-state index contributed by atoms with van der Waals surface area (Å²) in [6.07, 6.45) is 2.48. The van der Waals surface area contributed by atoms with Crippen LogP contribution in [0.2, 0.25) is 0 Å². The Hall–Kier alpha value is -3.31. The first-order valence-corrected chi connectivity index (χ1v) is 13.7. The summed E-state index contributed by atoms with van der Waals surface area (Å²) in [5.74, 6) is -1.93. The SMILES string of the molecule is CC(C(=O)O)N(N1CCN(c2ccc(CCc3ccc4cc(CCC(=O)O)ccc4c3)cc2)CC1)S(=O)O. The Balaban J connectivity index is 1.31. The summed E-state index contributed by atoms with van der Waals surface area (Å²) < 4.78 is 22.3. The summed E-state index contributed by atoms with van der Waals surface area (Å²) in [7, 11) is 0. The molecule has 10 heteroatoms. The number of hydrazine groups is 1. The van der Waals surface area contributed by atoms with Gasteiger partial charge in [-0.1, -0.05) is 48.5 Å². The van der Waals surface area contributed by atoms with Gasteiger partial charge in [0.2, 0.25) is 11.3 Å². The predicted molar refractivity (Wildman–Crippen MR) is 147 cm³/mol. The van der Waals surface area contributed by atoms with Crippen LogP contribution < -0.4 is 4.90 Å². The Morgan fingerprint density at radius 3 is 1.89 bits per heavy atom. The maximum Gasteiger partial charge on any atom is 0.323 e. The standard InChI is InChI=1S/C28H33N3O6S/c1-20(28(34)35)31(38(36)37)30-16-14-29(15-17-30)26-11-6-21(7-12-26)2-3-22-4-9-25-19-23(8-13-27(32)33)5-10-24(25)18-22/h4-7,9-12,18-20H,2-3,8,13-17H2,1H3,(H,32,33)(H,34,35)(H,36,37). The van der Waals surface area contributed by atoms with Crippen LogP contribution in [0.15, 0.2) is 60.7 Å². The molecule has 0 bridgehead atoms. The molecule has 0 aliphatic carbocycles. The fourth-order valence-electron chi connectivity index (χ4n) is 4.79. The summed E-state index contributed by atoms with van der Waals surface area (Å²) in [6.45, 7) is 3.55. The number of carbonyl (C=O) groups is 2. The number of hydrogen-bond acceptors (Lipinski definition) is 5. The Morgan fingerprint density at radius 2 is 1.37 bits per heavy atom. The molecule has 3 aromatic carbocycles. The lowest BCUT2D eigenvalue weighted by Gasteiger charge is -2.41. The molecule has 0 radical (unpaired) electrons. The molecule has 202 valence electrons. The number of aliphatic carboxylic acids is 2. The smallest absolute Gasteiger partial charge is 0.323 e. The lowest BCUT2D eigenvalue weighted by molar-refractivity contribution is -0.145. The lowest BCUT2D eigenvalue weighted by Crippen LogP contribution is -2.58. The number of carboxylic acids is 2. The van der Waals surface area contributed by atoms with E-state index in [2.05, 4.69) is 59.5 Å². The van der Waals surface area contributed by atoms with E-state index in [1.54, 1.807) is 5.01 Å². The van der Waals surface area contributed by atoms with Gasteiger partial charge in [0.1, 0.15) is 6.04 Å². The Labute approximate surface area is 224 Å². The van der Waals surface area contributed by atoms with E-state index in [-0.39, 0.29) is 6.42 Å². The van der Waals surface area contributed by atoms with Crippen LogP contribution in [0.5, 0.6) is 0 Å². The molecule has 3 N–H and O–H groups in total. The molecule has 1 aliphatic rings. The van der Waals surface area contributed by atoms with Crippen molar-refractivity contribution in [2.45, 2.75) is 38.6 Å². The molecule has 1 heterocycles. The van der Waals surface area contributed by atoms with Crippen molar-refractivity contribution >= 4 is 39.7 Å². The first-order chi connectivity index (χ1) is 18.2. The average molecular weight is 540 g/mol. The predicted octanol–water partition coefficient (Wildman–Crippen LogP) is 3.59. The van der Waals surface area contributed by atoms with Crippen molar-refractivity contribution in [2.75, 3.05) is 31.1 Å². The Morgan fingerprint density at radius 1 is 0.842 bits per heavy atom. The van der Waals surface area contributed by atoms with Gasteiger partial charge >= 0.3 is 11.9 Å². The van der Waals surface area contributed by atoms with E-state index in [0.717, 1.165) is 39.3 Å². The van der Waals surface area contributed by atoms with E-state index in [0.29, 0.717) is 32.6 Å². The van der Waals surface area contributed by atoms with Crippen LogP contribution in [-0.2, 0) is 40.1 Å². The maximum absolute atomic E-state index is 11.7. The maximum atomic E-state index is 11.7. The summed E-state index contributed by atoms with van der Waals surface area (Å²) >= 11 is -2.40. The van der Waals surface area contributed by atoms with Gasteiger partial charge in [-0.05, 0) is 65.8 Å². The van der Waals surface area contributed by atoms with Crippen molar-refractivity contribution in [1.29, 1.82) is 0 Å². The molecule has 38 heavy (non-hydrogen) atoms. The lowest BCUT2D eigenvalue weighted by atomic mass is 9.99. The van der Waals surface area contributed by atoms with E-state index in [9.17, 15) is 23.5 Å². The fraction of sp³-hybridized carbons (Fsp3) is 0.357. The number of nitrogens with zero attached hydrogens (tertiary/aromatic N) is 3. The van der Waals surface area contributed by atoms with E-state index >= 15 is 0 Å². The number of carboxylic acid groups (broad SMARTS) is 2. The summed E-state index contributed by atoms with van der Waals surface area (Å²) in [5.41, 5.74) is 4.58. The molecule has 2 atom stereocenters. The molecule has 9 nitrogen and oxygen atoms in total. The van der Waals surface area contributed by atoms with Crippen molar-refractivity contribution < 1.29 is 28.6 Å². The third-order valence-electron chi connectivity index (χ3n) is 6.98. The Kier molecular flexibility index (Phi) is 9.11. The number of fused-ring (bicyclic) bond motifs is 1. The molecular weight excluding hydrogens is 506 g/mol. The topological polar surface area (TPSA) is 122 Å². The average Bonchev–Trinajstić information content (AvgIpc) is 2.91. The third-order valence-corrected chi connectivity index (χ3v) is 7.85. The minimum Gasteiger partial charge on any atom is -0.481 e. The molecule has 0 amide bonds. The zero-order valence-corrected chi connectivity index (χ0v) is 22.1. The summed E-state index contributed by atoms with van der Waals surface area (Å²) in [4.78, 5) is 24.3. The zero-order valence-electron chi connectivity index (χ0n) is 21.3. The van der Waals surface area contributed by atoms with E-state index in [4.69, 9.17) is 5.11 Å². The first-order valence-electron chi connectivity index (χ1n) is 12.7. The van der Waals surface area contributed by atoms with E-state index in [1.807, 2.05) is 6.07 Å². The highest BCUT2D eigenvalue weighted by atomic mass is 32.2. The van der Waals surface area contributed by atoms with Crippen LogP contribution in [0.25, 0.3) is 10.8 Å². The second-order valence-electron chi connectivity index (χ2n) is 9.56. The van der Waals surface area contributed by atoms with Gasteiger partial charge in [-0.3, -0.25) is 14.1 Å². The van der Waals surface area contributed by atoms with Crippen LogP contribution >= 0.6 is 0 Å². The van der Waals surface area contributed by atoms with Crippen molar-refractivity contribution in [2.24, 2.45) is 0 Å². The number of rotatable bonds is 11. The highest BCUT2D eigenvalue weighted by Crippen LogP contribution is 2.22. The molecule has 1 fully saturated rings. The van der Waals surface area contributed by atoms with Crippen molar-refractivity contribution in [3.05, 3.63) is 77.4 Å². The number of aryl methyl sites for hydroxylation is 3. The zero-order chi connectivity index (χ0) is 27.2. The first kappa shape index (κ1) is 27.7. The van der Waals surface area contributed by atoms with Crippen molar-refractivity contribution in [3.8, 4) is 0 Å². The van der Waals surface area contributed by atoms with Crippen LogP contribution in [-0.4, -0.2) is 72.6 Å². The van der Waals surface area contributed by atoms with E-state index in [1.165, 1.54) is 18.1 Å². The molecule has 3 aromatic rings. The Bertz CT molecular complexity index is 1310. The quantitative estimate of drug-likeness (QED) is 0.316. The molecule has 0 aromatic heterocycles. The summed E-state index contributed by atoms with van der Waals surface area (Å²) in [6, 6.07) is 19.9. The number of piperazine rings is 1. The molecule has 1 aliphatic heterocycles. The van der Waals surface area contributed by atoms with Crippen LogP contribution in [0.3, 0.4) is 0 Å². The molecule has 2 unspecified atom stereocenters. The van der Waals surface area contributed by atoms with Gasteiger partial charge < -0.3 is 15.1 Å². The van der Waals surface area contributed by atoms with Gasteiger partial charge in [-0.25, -0.2) is 9.22 Å². The third kappa shape index (κ3) is 6.96. The second kappa shape index (κ2) is 12.5. The van der Waals surface area contributed by atoms with Gasteiger partial charge in [0.05, 0.1) is 0 Å². The minimum atomic E-state index is -2.40. The van der Waals surface area contributed by atoms with Gasteiger partial charge in [0, 0.05) is 38.3 Å². The highest BCUT2D eigenvalue weighted by Gasteiger charge is 2.33. The highest BCUT2D eigenvalue weighted by molar-refractivity contribution is 7.76. The second-order valence-corrected chi connectivity index (χ2v) is 10.4. The van der Waals surface area contributed by atoms with Gasteiger partial charge in [0.25, 0.3) is 0 Å². The van der Waals surface area contributed by atoms with Gasteiger partial charge in [0.15, 0.2) is 0 Å². The normalized spacial score (nSPS) is 16.0. The van der Waals surface area contributed by atoms with Crippen molar-refractivity contribution in [1.82, 2.24) is 9.42 Å². The molecule has 4 rings (SSSR count). The number of hydrogen-bond donors (Lipinski definition) is 3. The van der Waals surface area contributed by atoms with Crippen molar-refractivity contribution in [3.63, 3.8) is 0 Å². The van der Waals surface area contributed by atoms with Crippen LogP contribution in [0.4, 0.5) is 5.69 Å². The fourth-order valence-corrected chi connectivity index (χ4v) is 5.52. The monoisotopic (exact) mass is 539 g/mol. The molecule has 1 saturated heterocycles. The molecule has 0 saturated carbocycles. The molecule has 0 spiro atoms. The largest absolute Gasteiger partial charge is 0.481 e. The van der Waals surface area contributed by atoms with E-state index < -0.39 is 29.2 Å². The minimum absolute atomic E-state index is 0.134.